The zero-order valence-corrected chi connectivity index (χ0v) is 14.7. The summed E-state index contributed by atoms with van der Waals surface area (Å²) in [6.45, 7) is 3.91. The molecule has 0 aliphatic heterocycles. The number of benzene rings is 2. The van der Waals surface area contributed by atoms with Gasteiger partial charge in [-0.3, -0.25) is 4.79 Å². The third-order valence-electron chi connectivity index (χ3n) is 4.81. The van der Waals surface area contributed by atoms with Gasteiger partial charge in [-0.05, 0) is 35.2 Å². The Labute approximate surface area is 146 Å². The van der Waals surface area contributed by atoms with Crippen molar-refractivity contribution < 1.29 is 17.6 Å². The molecule has 1 fully saturated rings. The molecule has 1 saturated carbocycles. The number of nitrogens with two attached hydrogens (primary N) is 1. The van der Waals surface area contributed by atoms with Crippen LogP contribution >= 0.6 is 0 Å². The molecule has 1 aliphatic carbocycles. The summed E-state index contributed by atoms with van der Waals surface area (Å²) in [4.78, 5) is 12.6. The molecule has 132 valence electrons. The fourth-order valence-corrected chi connectivity index (χ4v) is 3.90. The Kier molecular flexibility index (Phi) is 4.17. The van der Waals surface area contributed by atoms with Gasteiger partial charge in [0.25, 0.3) is 0 Å². The molecule has 0 spiro atoms. The van der Waals surface area contributed by atoms with Crippen LogP contribution in [0.5, 0.6) is 0 Å². The molecule has 2 aromatic carbocycles. The van der Waals surface area contributed by atoms with Gasteiger partial charge in [0.2, 0.25) is 15.9 Å². The van der Waals surface area contributed by atoms with Crippen molar-refractivity contribution in [2.45, 2.75) is 24.7 Å². The lowest BCUT2D eigenvalue weighted by Gasteiger charge is -2.06. The van der Waals surface area contributed by atoms with Crippen molar-refractivity contribution in [3.8, 4) is 0 Å². The van der Waals surface area contributed by atoms with Gasteiger partial charge in [0.05, 0.1) is 16.5 Å². The van der Waals surface area contributed by atoms with Crippen LogP contribution in [0.4, 0.5) is 10.1 Å². The first-order valence-corrected chi connectivity index (χ1v) is 9.35. The molecule has 2 unspecified atom stereocenters. The maximum atomic E-state index is 13.7. The lowest BCUT2D eigenvalue weighted by atomic mass is 10.0. The molecule has 0 aromatic heterocycles. The number of nitrogens with one attached hydrogen (secondary N) is 1. The van der Waals surface area contributed by atoms with Crippen LogP contribution in [0, 0.1) is 17.2 Å². The Morgan fingerprint density at radius 2 is 1.72 bits per heavy atom. The van der Waals surface area contributed by atoms with Crippen LogP contribution in [0.15, 0.2) is 53.4 Å². The van der Waals surface area contributed by atoms with E-state index in [-0.39, 0.29) is 33.7 Å². The molecule has 1 aliphatic rings. The van der Waals surface area contributed by atoms with Gasteiger partial charge >= 0.3 is 0 Å². The Bertz CT molecular complexity index is 924. The van der Waals surface area contributed by atoms with Gasteiger partial charge in [0, 0.05) is 5.92 Å². The van der Waals surface area contributed by atoms with Gasteiger partial charge < -0.3 is 5.32 Å². The van der Waals surface area contributed by atoms with Gasteiger partial charge in [0.15, 0.2) is 0 Å². The number of anilines is 1. The molecular formula is C18H19FN2O3S. The highest BCUT2D eigenvalue weighted by Gasteiger charge is 2.62. The first kappa shape index (κ1) is 17.6. The molecule has 0 saturated heterocycles. The van der Waals surface area contributed by atoms with E-state index >= 15 is 0 Å². The number of primary sulfonamides is 1. The molecule has 0 bridgehead atoms. The standard InChI is InChI=1S/C18H19FN2O3S/c1-18(2)15(11-7-9-12(10-8-11)25(20,23)24)16(18)17(22)21-14-6-4-3-5-13(14)19/h3-10,15-16H,1-2H3,(H,21,22)(H2,20,23,24). The van der Waals surface area contributed by atoms with Crippen LogP contribution < -0.4 is 10.5 Å². The van der Waals surface area contributed by atoms with Gasteiger partial charge in [-0.2, -0.15) is 0 Å². The second-order valence-electron chi connectivity index (χ2n) is 6.86. The van der Waals surface area contributed by atoms with E-state index in [0.29, 0.717) is 0 Å². The number of hydrogen-bond acceptors (Lipinski definition) is 3. The van der Waals surface area contributed by atoms with Crippen LogP contribution in [0.25, 0.3) is 0 Å². The second kappa shape index (κ2) is 5.93. The zero-order chi connectivity index (χ0) is 18.4. The fraction of sp³-hybridized carbons (Fsp3) is 0.278. The molecule has 2 aromatic rings. The summed E-state index contributed by atoms with van der Waals surface area (Å²) in [7, 11) is -3.75. The topological polar surface area (TPSA) is 89.3 Å². The summed E-state index contributed by atoms with van der Waals surface area (Å²) in [6.07, 6.45) is 0. The highest BCUT2D eigenvalue weighted by atomic mass is 32.2. The predicted molar refractivity (Wildman–Crippen MR) is 92.9 cm³/mol. The monoisotopic (exact) mass is 362 g/mol. The molecule has 5 nitrogen and oxygen atoms in total. The average Bonchev–Trinajstić information content (AvgIpc) is 3.11. The lowest BCUT2D eigenvalue weighted by molar-refractivity contribution is -0.118. The number of carbonyl (C=O) groups excluding carboxylic acids is 1. The van der Waals surface area contributed by atoms with Crippen molar-refractivity contribution in [1.29, 1.82) is 0 Å². The van der Waals surface area contributed by atoms with E-state index in [4.69, 9.17) is 5.14 Å². The highest BCUT2D eigenvalue weighted by Crippen LogP contribution is 2.64. The van der Waals surface area contributed by atoms with Crippen molar-refractivity contribution in [1.82, 2.24) is 0 Å². The fourth-order valence-electron chi connectivity index (χ4n) is 3.39. The quantitative estimate of drug-likeness (QED) is 0.876. The van der Waals surface area contributed by atoms with Crippen molar-refractivity contribution in [3.63, 3.8) is 0 Å². The van der Waals surface area contributed by atoms with Crippen LogP contribution in [0.2, 0.25) is 0 Å². The molecule has 0 radical (unpaired) electrons. The Morgan fingerprint density at radius 3 is 2.28 bits per heavy atom. The van der Waals surface area contributed by atoms with Gasteiger partial charge in [-0.1, -0.05) is 38.1 Å². The van der Waals surface area contributed by atoms with E-state index in [1.807, 2.05) is 13.8 Å². The second-order valence-corrected chi connectivity index (χ2v) is 8.42. The molecule has 3 N–H and O–H groups in total. The third-order valence-corrected chi connectivity index (χ3v) is 5.74. The van der Waals surface area contributed by atoms with Gasteiger partial charge in [-0.15, -0.1) is 0 Å². The normalized spacial score (nSPS) is 21.6. The smallest absolute Gasteiger partial charge is 0.238 e. The molecule has 25 heavy (non-hydrogen) atoms. The maximum Gasteiger partial charge on any atom is 0.238 e. The first-order valence-electron chi connectivity index (χ1n) is 7.80. The summed E-state index contributed by atoms with van der Waals surface area (Å²) in [6, 6.07) is 12.2. The Balaban J connectivity index is 1.80. The average molecular weight is 362 g/mol. The summed E-state index contributed by atoms with van der Waals surface area (Å²) in [5.41, 5.74) is 0.697. The van der Waals surface area contributed by atoms with E-state index < -0.39 is 15.8 Å². The minimum absolute atomic E-state index is 0.0297. The summed E-state index contributed by atoms with van der Waals surface area (Å²) in [5, 5.41) is 7.73. The summed E-state index contributed by atoms with van der Waals surface area (Å²) >= 11 is 0. The number of sulfonamides is 1. The number of amides is 1. The van der Waals surface area contributed by atoms with Crippen molar-refractivity contribution in [2.75, 3.05) is 5.32 Å². The zero-order valence-electron chi connectivity index (χ0n) is 13.9. The van der Waals surface area contributed by atoms with Crippen LogP contribution in [0.1, 0.15) is 25.3 Å². The van der Waals surface area contributed by atoms with Gasteiger partial charge in [0.1, 0.15) is 5.82 Å². The van der Waals surface area contributed by atoms with Crippen LogP contribution in [0.3, 0.4) is 0 Å². The van der Waals surface area contributed by atoms with Crippen molar-refractivity contribution >= 4 is 21.6 Å². The molecule has 3 rings (SSSR count). The highest BCUT2D eigenvalue weighted by molar-refractivity contribution is 7.89. The molecule has 7 heteroatoms. The minimum Gasteiger partial charge on any atom is -0.323 e. The van der Waals surface area contributed by atoms with Crippen LogP contribution in [-0.4, -0.2) is 14.3 Å². The number of halogens is 1. The summed E-state index contributed by atoms with van der Waals surface area (Å²) < 4.78 is 36.4. The molecular weight excluding hydrogens is 343 g/mol. The van der Waals surface area contributed by atoms with E-state index in [1.165, 1.54) is 24.3 Å². The molecule has 1 amide bonds. The van der Waals surface area contributed by atoms with Crippen molar-refractivity contribution in [3.05, 3.63) is 59.9 Å². The predicted octanol–water partition coefficient (Wildman–Crippen LogP) is 2.85. The lowest BCUT2D eigenvalue weighted by Crippen LogP contribution is -2.17. The van der Waals surface area contributed by atoms with E-state index in [9.17, 15) is 17.6 Å². The summed E-state index contributed by atoms with van der Waals surface area (Å²) in [5.74, 6) is -1.14. The van der Waals surface area contributed by atoms with E-state index in [1.54, 1.807) is 24.3 Å². The third kappa shape index (κ3) is 3.29. The molecule has 2 atom stereocenters. The molecule has 0 heterocycles. The number of carbonyl (C=O) groups is 1. The largest absolute Gasteiger partial charge is 0.323 e. The minimum atomic E-state index is -3.75. The van der Waals surface area contributed by atoms with E-state index in [0.717, 1.165) is 5.56 Å². The first-order chi connectivity index (χ1) is 11.6. The van der Waals surface area contributed by atoms with Crippen LogP contribution in [-0.2, 0) is 14.8 Å². The SMILES string of the molecule is CC1(C)C(C(=O)Nc2ccccc2F)C1c1ccc(S(N)(=O)=O)cc1. The number of para-hydroxylation sites is 1. The Hall–Kier alpha value is -2.25. The Morgan fingerprint density at radius 1 is 1.12 bits per heavy atom. The van der Waals surface area contributed by atoms with Crippen molar-refractivity contribution in [2.24, 2.45) is 16.5 Å². The maximum absolute atomic E-state index is 13.7. The van der Waals surface area contributed by atoms with E-state index in [2.05, 4.69) is 5.32 Å². The number of rotatable bonds is 4. The number of hydrogen-bond donors (Lipinski definition) is 2. The van der Waals surface area contributed by atoms with Gasteiger partial charge in [-0.25, -0.2) is 17.9 Å².